The molecule has 1 atom stereocenters. The normalized spacial score (nSPS) is 11.2. The van der Waals surface area contributed by atoms with Gasteiger partial charge in [0.1, 0.15) is 6.04 Å². The van der Waals surface area contributed by atoms with E-state index in [0.29, 0.717) is 13.0 Å². The van der Waals surface area contributed by atoms with Crippen molar-refractivity contribution >= 4 is 11.7 Å². The highest BCUT2D eigenvalue weighted by Crippen LogP contribution is 2.15. The summed E-state index contributed by atoms with van der Waals surface area (Å²) in [5.74, 6) is -0.392. The highest BCUT2D eigenvalue weighted by atomic mass is 16.5. The topological polar surface area (TPSA) is 62.5 Å². The molecule has 0 unspecified atom stereocenters. The number of nitrogens with zero attached hydrogens (tertiary/aromatic N) is 2. The van der Waals surface area contributed by atoms with Gasteiger partial charge >= 0.3 is 5.97 Å². The van der Waals surface area contributed by atoms with E-state index in [1.807, 2.05) is 60.7 Å². The molecule has 0 saturated heterocycles. The Morgan fingerprint density at radius 1 is 1.08 bits per heavy atom. The van der Waals surface area contributed by atoms with Gasteiger partial charge in [-0.15, -0.1) is 0 Å². The summed E-state index contributed by atoms with van der Waals surface area (Å²) in [7, 11) is 0. The number of ether oxygens (including phenoxy) is 1. The van der Waals surface area contributed by atoms with Gasteiger partial charge in [-0.25, -0.2) is 4.79 Å². The van der Waals surface area contributed by atoms with E-state index in [4.69, 9.17) is 10.00 Å². The Bertz CT molecular complexity index is 677. The van der Waals surface area contributed by atoms with Crippen LogP contribution in [0.5, 0.6) is 0 Å². The number of nitriles is 1. The second kappa shape index (κ2) is 9.26. The largest absolute Gasteiger partial charge is 0.464 e. The van der Waals surface area contributed by atoms with Crippen LogP contribution < -0.4 is 0 Å². The van der Waals surface area contributed by atoms with Crippen molar-refractivity contribution in [1.29, 1.82) is 5.26 Å². The van der Waals surface area contributed by atoms with E-state index in [2.05, 4.69) is 11.1 Å². The third kappa shape index (κ3) is 4.79. The number of carbonyl (C=O) groups excluding carboxylic acids is 1. The first-order valence-corrected chi connectivity index (χ1v) is 7.98. The van der Waals surface area contributed by atoms with E-state index >= 15 is 0 Å². The van der Waals surface area contributed by atoms with E-state index in [0.717, 1.165) is 16.8 Å². The predicted octanol–water partition coefficient (Wildman–Crippen LogP) is 3.76. The van der Waals surface area contributed by atoms with Crippen molar-refractivity contribution in [2.45, 2.75) is 25.8 Å². The van der Waals surface area contributed by atoms with Crippen molar-refractivity contribution < 1.29 is 9.53 Å². The molecule has 0 aliphatic heterocycles. The Labute approximate surface area is 142 Å². The zero-order valence-corrected chi connectivity index (χ0v) is 13.7. The maximum absolute atomic E-state index is 12.2. The van der Waals surface area contributed by atoms with Gasteiger partial charge in [0.15, 0.2) is 0 Å². The molecule has 0 N–H and O–H groups in total. The maximum Gasteiger partial charge on any atom is 0.330 e. The van der Waals surface area contributed by atoms with Crippen LogP contribution in [0.3, 0.4) is 0 Å². The summed E-state index contributed by atoms with van der Waals surface area (Å²) in [5.41, 5.74) is 2.58. The molecule has 24 heavy (non-hydrogen) atoms. The van der Waals surface area contributed by atoms with Gasteiger partial charge < -0.3 is 4.74 Å². The molecule has 4 nitrogen and oxygen atoms in total. The van der Waals surface area contributed by atoms with E-state index in [1.54, 1.807) is 6.92 Å². The molecule has 2 rings (SSSR count). The molecular weight excluding hydrogens is 300 g/mol. The highest BCUT2D eigenvalue weighted by Gasteiger charge is 2.20. The lowest BCUT2D eigenvalue weighted by atomic mass is 10.0. The molecule has 2 aromatic carbocycles. The van der Waals surface area contributed by atoms with Crippen molar-refractivity contribution in [3.8, 4) is 6.07 Å². The lowest BCUT2D eigenvalue weighted by molar-refractivity contribution is -0.144. The zero-order chi connectivity index (χ0) is 17.2. The summed E-state index contributed by atoms with van der Waals surface area (Å²) in [4.78, 5) is 16.9. The average Bonchev–Trinajstić information content (AvgIpc) is 2.63. The molecule has 2 aromatic rings. The standard InChI is InChI=1S/C20H20N2O2/c1-2-24-20(23)18(14-9-15-21)22-19(16-10-5-3-6-11-16)17-12-7-4-8-13-17/h3-8,10-13,18H,2,9,14H2,1H3/t18-/m0/s1. The van der Waals surface area contributed by atoms with Crippen LogP contribution in [0.15, 0.2) is 65.7 Å². The zero-order valence-electron chi connectivity index (χ0n) is 13.7. The molecule has 0 saturated carbocycles. The third-order valence-electron chi connectivity index (χ3n) is 3.47. The molecule has 0 heterocycles. The molecule has 4 heteroatoms. The smallest absolute Gasteiger partial charge is 0.330 e. The third-order valence-corrected chi connectivity index (χ3v) is 3.47. The fourth-order valence-corrected chi connectivity index (χ4v) is 2.34. The molecule has 0 radical (unpaired) electrons. The summed E-state index contributed by atoms with van der Waals surface area (Å²) in [6, 6.07) is 20.8. The number of hydrogen-bond donors (Lipinski definition) is 0. The maximum atomic E-state index is 12.2. The van der Waals surface area contributed by atoms with Crippen LogP contribution in [0, 0.1) is 11.3 Å². The number of esters is 1. The molecular formula is C20H20N2O2. The van der Waals surface area contributed by atoms with E-state index < -0.39 is 12.0 Å². The fourth-order valence-electron chi connectivity index (χ4n) is 2.34. The van der Waals surface area contributed by atoms with Gasteiger partial charge in [-0.2, -0.15) is 5.26 Å². The minimum absolute atomic E-state index is 0.254. The van der Waals surface area contributed by atoms with E-state index in [-0.39, 0.29) is 6.42 Å². The fraction of sp³-hybridized carbons (Fsp3) is 0.250. The summed E-state index contributed by atoms with van der Waals surface area (Å²) < 4.78 is 5.12. The van der Waals surface area contributed by atoms with Crippen molar-refractivity contribution in [2.24, 2.45) is 4.99 Å². The second-order valence-electron chi connectivity index (χ2n) is 5.17. The van der Waals surface area contributed by atoms with Crippen LogP contribution in [0.1, 0.15) is 30.9 Å². The van der Waals surface area contributed by atoms with Crippen LogP contribution in [0.25, 0.3) is 0 Å². The van der Waals surface area contributed by atoms with E-state index in [1.165, 1.54) is 0 Å². The summed E-state index contributed by atoms with van der Waals surface area (Å²) in [6.45, 7) is 2.06. The van der Waals surface area contributed by atoms with Crippen LogP contribution in [0.2, 0.25) is 0 Å². The van der Waals surface area contributed by atoms with Gasteiger partial charge in [0.25, 0.3) is 0 Å². The van der Waals surface area contributed by atoms with Gasteiger partial charge in [-0.05, 0) is 13.3 Å². The van der Waals surface area contributed by atoms with Crippen molar-refractivity contribution in [3.05, 3.63) is 71.8 Å². The Balaban J connectivity index is 2.45. The van der Waals surface area contributed by atoms with Gasteiger partial charge in [0.05, 0.1) is 18.4 Å². The highest BCUT2D eigenvalue weighted by molar-refractivity contribution is 6.13. The minimum atomic E-state index is -0.681. The number of rotatable bonds is 7. The second-order valence-corrected chi connectivity index (χ2v) is 5.17. The van der Waals surface area contributed by atoms with Crippen LogP contribution in [-0.2, 0) is 9.53 Å². The molecule has 0 aromatic heterocycles. The number of aliphatic imine (C=N–C) groups is 1. The molecule has 0 bridgehead atoms. The monoisotopic (exact) mass is 320 g/mol. The van der Waals surface area contributed by atoms with Crippen molar-refractivity contribution in [1.82, 2.24) is 0 Å². The minimum Gasteiger partial charge on any atom is -0.464 e. The quantitative estimate of drug-likeness (QED) is 0.576. The summed E-state index contributed by atoms with van der Waals surface area (Å²) >= 11 is 0. The van der Waals surface area contributed by atoms with Gasteiger partial charge in [0, 0.05) is 17.5 Å². The first-order valence-electron chi connectivity index (χ1n) is 7.98. The molecule has 0 aliphatic carbocycles. The Kier molecular flexibility index (Phi) is 6.73. The van der Waals surface area contributed by atoms with E-state index in [9.17, 15) is 4.79 Å². The van der Waals surface area contributed by atoms with Crippen molar-refractivity contribution in [3.63, 3.8) is 0 Å². The molecule has 122 valence electrons. The van der Waals surface area contributed by atoms with Gasteiger partial charge in [0.2, 0.25) is 0 Å². The average molecular weight is 320 g/mol. The van der Waals surface area contributed by atoms with Crippen molar-refractivity contribution in [2.75, 3.05) is 6.61 Å². The Morgan fingerprint density at radius 2 is 1.62 bits per heavy atom. The Morgan fingerprint density at radius 3 is 2.08 bits per heavy atom. The molecule has 0 amide bonds. The summed E-state index contributed by atoms with van der Waals surface area (Å²) in [5, 5.41) is 8.84. The predicted molar refractivity (Wildman–Crippen MR) is 93.8 cm³/mol. The first-order chi connectivity index (χ1) is 11.8. The first kappa shape index (κ1) is 17.4. The van der Waals surface area contributed by atoms with Crippen LogP contribution >= 0.6 is 0 Å². The Hall–Kier alpha value is -2.93. The van der Waals surface area contributed by atoms with Gasteiger partial charge in [-0.3, -0.25) is 4.99 Å². The number of carbonyl (C=O) groups is 1. The molecule has 0 aliphatic rings. The molecule has 0 fully saturated rings. The van der Waals surface area contributed by atoms with Crippen LogP contribution in [0.4, 0.5) is 0 Å². The number of benzene rings is 2. The molecule has 0 spiro atoms. The summed E-state index contributed by atoms with van der Waals surface area (Å²) in [6.07, 6.45) is 0.600. The van der Waals surface area contributed by atoms with Gasteiger partial charge in [-0.1, -0.05) is 60.7 Å². The SMILES string of the molecule is CCOC(=O)[C@H](CCC#N)N=C(c1ccccc1)c1ccccc1. The van der Waals surface area contributed by atoms with Crippen LogP contribution in [-0.4, -0.2) is 24.3 Å². The lowest BCUT2D eigenvalue weighted by Gasteiger charge is -2.14. The lowest BCUT2D eigenvalue weighted by Crippen LogP contribution is -2.24. The number of hydrogen-bond acceptors (Lipinski definition) is 4.